The number of nitrogens with two attached hydrogens (primary N) is 1. The van der Waals surface area contributed by atoms with Gasteiger partial charge in [0.1, 0.15) is 0 Å². The number of hydrogen-bond donors (Lipinski definition) is 2. The maximum atomic E-state index is 11.8. The lowest BCUT2D eigenvalue weighted by molar-refractivity contribution is 0.236. The minimum Gasteiger partial charge on any atom is -0.369 e. The molecule has 2 rings (SSSR count). The maximum Gasteiger partial charge on any atom is 0.328 e. The molecule has 2 amide bonds. The highest BCUT2D eigenvalue weighted by Gasteiger charge is 2.21. The number of nitrogens with zero attached hydrogens (tertiary/aromatic N) is 2. The molecule has 0 aromatic heterocycles. The molecule has 0 radical (unpaired) electrons. The summed E-state index contributed by atoms with van der Waals surface area (Å²) in [4.78, 5) is 17.1. The van der Waals surface area contributed by atoms with E-state index in [4.69, 9.17) is 28.9 Å². The number of urea groups is 1. The molecule has 0 aliphatic carbocycles. The minimum absolute atomic E-state index is 0. The molecule has 1 aromatic carbocycles. The summed E-state index contributed by atoms with van der Waals surface area (Å²) >= 11 is 11.7. The van der Waals surface area contributed by atoms with Crippen LogP contribution in [0.15, 0.2) is 23.2 Å². The number of benzene rings is 1. The number of anilines is 1. The largest absolute Gasteiger partial charge is 0.369 e. The van der Waals surface area contributed by atoms with E-state index in [1.54, 1.807) is 18.2 Å². The van der Waals surface area contributed by atoms with Gasteiger partial charge in [0.15, 0.2) is 5.96 Å². The lowest BCUT2D eigenvalue weighted by Crippen LogP contribution is -2.41. The summed E-state index contributed by atoms with van der Waals surface area (Å²) in [5.74, 6) is 0.215. The van der Waals surface area contributed by atoms with Crippen molar-refractivity contribution in [2.45, 2.75) is 0 Å². The van der Waals surface area contributed by atoms with E-state index in [1.807, 2.05) is 0 Å². The lowest BCUT2D eigenvalue weighted by atomic mass is 10.3. The average Bonchev–Trinajstić information content (AvgIpc) is 2.68. The zero-order chi connectivity index (χ0) is 12.4. The van der Waals surface area contributed by atoms with Crippen molar-refractivity contribution in [2.75, 3.05) is 18.4 Å². The van der Waals surface area contributed by atoms with Gasteiger partial charge < -0.3 is 11.1 Å². The second-order valence-electron chi connectivity index (χ2n) is 3.45. The van der Waals surface area contributed by atoms with Crippen LogP contribution in [0.2, 0.25) is 10.0 Å². The molecular formula is C10H11Cl3N4O. The molecule has 8 heteroatoms. The van der Waals surface area contributed by atoms with E-state index in [-0.39, 0.29) is 24.4 Å². The highest BCUT2D eigenvalue weighted by atomic mass is 35.5. The van der Waals surface area contributed by atoms with Crippen molar-refractivity contribution in [3.05, 3.63) is 28.2 Å². The molecule has 1 aromatic rings. The lowest BCUT2D eigenvalue weighted by Gasteiger charge is -2.16. The number of aliphatic imine (C=N–C) groups is 1. The Bertz CT molecular complexity index is 492. The fourth-order valence-corrected chi connectivity index (χ4v) is 1.90. The molecule has 1 aliphatic heterocycles. The van der Waals surface area contributed by atoms with Gasteiger partial charge in [0, 0.05) is 5.02 Å². The quantitative estimate of drug-likeness (QED) is 0.837. The van der Waals surface area contributed by atoms with Gasteiger partial charge in [-0.15, -0.1) is 12.4 Å². The van der Waals surface area contributed by atoms with Crippen molar-refractivity contribution in [1.29, 1.82) is 0 Å². The molecular weight excluding hydrogens is 298 g/mol. The van der Waals surface area contributed by atoms with Crippen molar-refractivity contribution >= 4 is 53.3 Å². The average molecular weight is 310 g/mol. The molecule has 98 valence electrons. The Kier molecular flexibility index (Phi) is 5.07. The molecule has 0 fully saturated rings. The normalized spacial score (nSPS) is 13.9. The van der Waals surface area contributed by atoms with Crippen LogP contribution in [0.3, 0.4) is 0 Å². The third-order valence-corrected chi connectivity index (χ3v) is 2.84. The van der Waals surface area contributed by atoms with E-state index in [1.165, 1.54) is 4.90 Å². The fourth-order valence-electron chi connectivity index (χ4n) is 1.44. The van der Waals surface area contributed by atoms with Crippen LogP contribution in [0, 0.1) is 0 Å². The molecule has 1 aliphatic rings. The Labute approximate surface area is 120 Å². The molecule has 0 atom stereocenters. The van der Waals surface area contributed by atoms with Crippen molar-refractivity contribution in [3.63, 3.8) is 0 Å². The van der Waals surface area contributed by atoms with Gasteiger partial charge in [0.25, 0.3) is 0 Å². The molecule has 0 unspecified atom stereocenters. The topological polar surface area (TPSA) is 70.7 Å². The van der Waals surface area contributed by atoms with Crippen LogP contribution in [-0.2, 0) is 0 Å². The first kappa shape index (κ1) is 14.9. The van der Waals surface area contributed by atoms with Crippen molar-refractivity contribution in [1.82, 2.24) is 4.90 Å². The van der Waals surface area contributed by atoms with Crippen LogP contribution in [-0.4, -0.2) is 30.0 Å². The van der Waals surface area contributed by atoms with Gasteiger partial charge >= 0.3 is 6.03 Å². The third-order valence-electron chi connectivity index (χ3n) is 2.29. The van der Waals surface area contributed by atoms with Gasteiger partial charge in [0.2, 0.25) is 0 Å². The van der Waals surface area contributed by atoms with Crippen LogP contribution in [0.25, 0.3) is 0 Å². The van der Waals surface area contributed by atoms with Gasteiger partial charge in [-0.1, -0.05) is 23.2 Å². The van der Waals surface area contributed by atoms with Gasteiger partial charge in [-0.3, -0.25) is 9.89 Å². The standard InChI is InChI=1S/C10H10Cl2N4O.ClH/c11-6-1-2-8(7(12)5-6)15-10(17)16-4-3-14-9(16)13;/h1-2,5H,3-4H2,(H2,13,14)(H,15,17);1H. The van der Waals surface area contributed by atoms with Gasteiger partial charge in [-0.05, 0) is 18.2 Å². The Hall–Kier alpha value is -1.17. The fraction of sp³-hybridized carbons (Fsp3) is 0.200. The minimum atomic E-state index is -0.354. The predicted molar refractivity (Wildman–Crippen MR) is 75.9 cm³/mol. The Morgan fingerprint density at radius 3 is 2.72 bits per heavy atom. The zero-order valence-corrected chi connectivity index (χ0v) is 11.5. The van der Waals surface area contributed by atoms with E-state index in [2.05, 4.69) is 10.3 Å². The molecule has 18 heavy (non-hydrogen) atoms. The summed E-state index contributed by atoms with van der Waals surface area (Å²) in [6, 6.07) is 4.48. The molecule has 0 saturated carbocycles. The summed E-state index contributed by atoms with van der Waals surface area (Å²) in [6.07, 6.45) is 0. The van der Waals surface area contributed by atoms with Crippen molar-refractivity contribution in [2.24, 2.45) is 10.7 Å². The number of rotatable bonds is 1. The van der Waals surface area contributed by atoms with E-state index >= 15 is 0 Å². The van der Waals surface area contributed by atoms with Crippen LogP contribution in [0.4, 0.5) is 10.5 Å². The monoisotopic (exact) mass is 308 g/mol. The Morgan fingerprint density at radius 1 is 1.44 bits per heavy atom. The zero-order valence-electron chi connectivity index (χ0n) is 9.19. The Morgan fingerprint density at radius 2 is 2.17 bits per heavy atom. The predicted octanol–water partition coefficient (Wildman–Crippen LogP) is 2.58. The van der Waals surface area contributed by atoms with E-state index in [0.717, 1.165) is 0 Å². The summed E-state index contributed by atoms with van der Waals surface area (Å²) in [6.45, 7) is 0.997. The second-order valence-corrected chi connectivity index (χ2v) is 4.29. The highest BCUT2D eigenvalue weighted by Crippen LogP contribution is 2.25. The number of hydrogen-bond acceptors (Lipinski definition) is 3. The summed E-state index contributed by atoms with van der Waals surface area (Å²) in [5.41, 5.74) is 6.04. The Balaban J connectivity index is 0.00000162. The molecule has 0 saturated heterocycles. The molecule has 3 N–H and O–H groups in total. The first-order valence-corrected chi connectivity index (χ1v) is 5.67. The first-order valence-electron chi connectivity index (χ1n) is 4.91. The number of nitrogens with one attached hydrogen (secondary N) is 1. The number of amides is 2. The van der Waals surface area contributed by atoms with E-state index in [9.17, 15) is 4.79 Å². The van der Waals surface area contributed by atoms with Crippen molar-refractivity contribution in [3.8, 4) is 0 Å². The van der Waals surface area contributed by atoms with Gasteiger partial charge in [0.05, 0.1) is 23.8 Å². The summed E-state index contributed by atoms with van der Waals surface area (Å²) in [7, 11) is 0. The van der Waals surface area contributed by atoms with Crippen LogP contribution >= 0.6 is 35.6 Å². The summed E-state index contributed by atoms with van der Waals surface area (Å²) in [5, 5.41) is 3.53. The van der Waals surface area contributed by atoms with E-state index in [0.29, 0.717) is 28.8 Å². The maximum absolute atomic E-state index is 11.8. The molecule has 1 heterocycles. The van der Waals surface area contributed by atoms with Crippen LogP contribution < -0.4 is 11.1 Å². The first-order chi connectivity index (χ1) is 8.08. The van der Waals surface area contributed by atoms with Gasteiger partial charge in [-0.2, -0.15) is 0 Å². The molecule has 5 nitrogen and oxygen atoms in total. The highest BCUT2D eigenvalue weighted by molar-refractivity contribution is 6.36. The van der Waals surface area contributed by atoms with Gasteiger partial charge in [-0.25, -0.2) is 4.79 Å². The third kappa shape index (κ3) is 3.19. The van der Waals surface area contributed by atoms with Crippen molar-refractivity contribution < 1.29 is 4.79 Å². The number of carbonyl (C=O) groups excluding carboxylic acids is 1. The smallest absolute Gasteiger partial charge is 0.328 e. The molecule has 0 bridgehead atoms. The van der Waals surface area contributed by atoms with E-state index < -0.39 is 0 Å². The number of halogens is 3. The second kappa shape index (κ2) is 6.13. The summed E-state index contributed by atoms with van der Waals surface area (Å²) < 4.78 is 0. The number of guanidine groups is 1. The SMILES string of the molecule is Cl.NC1=NCCN1C(=O)Nc1ccc(Cl)cc1Cl. The molecule has 0 spiro atoms. The number of carbonyl (C=O) groups is 1. The van der Waals surface area contributed by atoms with Crippen LogP contribution in [0.5, 0.6) is 0 Å². The van der Waals surface area contributed by atoms with Crippen LogP contribution in [0.1, 0.15) is 0 Å².